The lowest BCUT2D eigenvalue weighted by atomic mass is 9.76. The third kappa shape index (κ3) is 3.23. The molecule has 1 atom stereocenters. The maximum absolute atomic E-state index is 12.6. The molecule has 21 heavy (non-hydrogen) atoms. The van der Waals surface area contributed by atoms with Gasteiger partial charge < -0.3 is 10.0 Å². The molecule has 0 aromatic carbocycles. The fraction of sp³-hybridized carbons (Fsp3) is 0.688. The summed E-state index contributed by atoms with van der Waals surface area (Å²) < 4.78 is 0. The smallest absolute Gasteiger partial charge is 0.257 e. The number of carbonyl (C=O) groups excluding carboxylic acids is 1. The van der Waals surface area contributed by atoms with Crippen LogP contribution >= 0.6 is 0 Å². The standard InChI is InChI=1S/C16H23N3O2/c1-12-17-8-14(9-18-12)15(21)19-6-2-5-16(10-19,11-20)7-13-3-4-13/h8-9,13,20H,2-7,10-11H2,1H3/t16-/m1/s1. The Kier molecular flexibility index (Phi) is 3.93. The van der Waals surface area contributed by atoms with E-state index in [0.717, 1.165) is 31.7 Å². The first-order valence-corrected chi connectivity index (χ1v) is 7.81. The van der Waals surface area contributed by atoms with Crippen molar-refractivity contribution in [3.63, 3.8) is 0 Å². The lowest BCUT2D eigenvalue weighted by molar-refractivity contribution is 0.0196. The van der Waals surface area contributed by atoms with Crippen molar-refractivity contribution in [2.24, 2.45) is 11.3 Å². The number of rotatable bonds is 4. The number of piperidine rings is 1. The molecule has 2 fully saturated rings. The number of hydrogen-bond acceptors (Lipinski definition) is 4. The summed E-state index contributed by atoms with van der Waals surface area (Å²) in [5.74, 6) is 1.42. The van der Waals surface area contributed by atoms with E-state index in [1.54, 1.807) is 12.4 Å². The van der Waals surface area contributed by atoms with E-state index in [-0.39, 0.29) is 17.9 Å². The minimum atomic E-state index is -0.0966. The highest BCUT2D eigenvalue weighted by molar-refractivity contribution is 5.93. The molecule has 5 heteroatoms. The summed E-state index contributed by atoms with van der Waals surface area (Å²) in [5, 5.41) is 9.86. The summed E-state index contributed by atoms with van der Waals surface area (Å²) in [5.41, 5.74) is 0.446. The molecule has 114 valence electrons. The van der Waals surface area contributed by atoms with Crippen LogP contribution in [0.4, 0.5) is 0 Å². The predicted octanol–water partition coefficient (Wildman–Crippen LogP) is 1.80. The molecule has 1 aliphatic carbocycles. The number of hydrogen-bond donors (Lipinski definition) is 1. The van der Waals surface area contributed by atoms with Gasteiger partial charge in [0.25, 0.3) is 5.91 Å². The van der Waals surface area contributed by atoms with Gasteiger partial charge in [0.15, 0.2) is 0 Å². The molecule has 1 aromatic heterocycles. The molecule has 0 unspecified atom stereocenters. The van der Waals surface area contributed by atoms with Crippen molar-refractivity contribution in [3.8, 4) is 0 Å². The van der Waals surface area contributed by atoms with Crippen LogP contribution < -0.4 is 0 Å². The molecule has 2 aliphatic rings. The fourth-order valence-electron chi connectivity index (χ4n) is 3.36. The summed E-state index contributed by atoms with van der Waals surface area (Å²) in [7, 11) is 0. The van der Waals surface area contributed by atoms with E-state index in [2.05, 4.69) is 9.97 Å². The van der Waals surface area contributed by atoms with Crippen molar-refractivity contribution < 1.29 is 9.90 Å². The van der Waals surface area contributed by atoms with Gasteiger partial charge in [-0.05, 0) is 32.1 Å². The van der Waals surface area contributed by atoms with Crippen LogP contribution in [0.1, 0.15) is 48.3 Å². The van der Waals surface area contributed by atoms with Crippen molar-refractivity contribution in [1.82, 2.24) is 14.9 Å². The van der Waals surface area contributed by atoms with Gasteiger partial charge in [0.1, 0.15) is 5.82 Å². The van der Waals surface area contributed by atoms with Gasteiger partial charge in [-0.2, -0.15) is 0 Å². The molecular formula is C16H23N3O2. The van der Waals surface area contributed by atoms with E-state index >= 15 is 0 Å². The van der Waals surface area contributed by atoms with Gasteiger partial charge in [-0.3, -0.25) is 4.79 Å². The Balaban J connectivity index is 1.72. The number of nitrogens with zero attached hydrogens (tertiary/aromatic N) is 3. The van der Waals surface area contributed by atoms with Gasteiger partial charge in [0.2, 0.25) is 0 Å². The number of aromatic nitrogens is 2. The quantitative estimate of drug-likeness (QED) is 0.918. The molecule has 2 heterocycles. The third-order valence-corrected chi connectivity index (χ3v) is 4.73. The van der Waals surface area contributed by atoms with Crippen molar-refractivity contribution in [3.05, 3.63) is 23.8 Å². The second-order valence-electron chi connectivity index (χ2n) is 6.65. The van der Waals surface area contributed by atoms with E-state index in [1.807, 2.05) is 11.8 Å². The zero-order valence-electron chi connectivity index (χ0n) is 12.6. The van der Waals surface area contributed by atoms with Gasteiger partial charge in [-0.15, -0.1) is 0 Å². The first-order valence-electron chi connectivity index (χ1n) is 7.81. The van der Waals surface area contributed by atoms with E-state index in [9.17, 15) is 9.90 Å². The first-order chi connectivity index (χ1) is 10.1. The number of aliphatic hydroxyl groups excluding tert-OH is 1. The van der Waals surface area contributed by atoms with Crippen LogP contribution in [0.5, 0.6) is 0 Å². The Bertz CT molecular complexity index is 513. The second-order valence-corrected chi connectivity index (χ2v) is 6.65. The summed E-state index contributed by atoms with van der Waals surface area (Å²) in [6.07, 6.45) is 8.79. The van der Waals surface area contributed by atoms with Crippen LogP contribution in [0.15, 0.2) is 12.4 Å². The van der Waals surface area contributed by atoms with Crippen molar-refractivity contribution in [2.45, 2.75) is 39.0 Å². The molecular weight excluding hydrogens is 266 g/mol. The summed E-state index contributed by atoms with van der Waals surface area (Å²) in [4.78, 5) is 22.7. The fourth-order valence-corrected chi connectivity index (χ4v) is 3.36. The van der Waals surface area contributed by atoms with Gasteiger partial charge in [0, 0.05) is 30.9 Å². The first kappa shape index (κ1) is 14.4. The number of likely N-dealkylation sites (tertiary alicyclic amines) is 1. The zero-order valence-corrected chi connectivity index (χ0v) is 12.6. The van der Waals surface area contributed by atoms with Gasteiger partial charge in [0.05, 0.1) is 12.2 Å². The van der Waals surface area contributed by atoms with E-state index < -0.39 is 0 Å². The van der Waals surface area contributed by atoms with Gasteiger partial charge in [-0.25, -0.2) is 9.97 Å². The Morgan fingerprint density at radius 3 is 2.76 bits per heavy atom. The Morgan fingerprint density at radius 2 is 2.14 bits per heavy atom. The molecule has 1 aromatic rings. The highest BCUT2D eigenvalue weighted by Gasteiger charge is 2.41. The monoisotopic (exact) mass is 289 g/mol. The van der Waals surface area contributed by atoms with E-state index in [1.165, 1.54) is 12.8 Å². The Morgan fingerprint density at radius 1 is 1.43 bits per heavy atom. The highest BCUT2D eigenvalue weighted by atomic mass is 16.3. The van der Waals surface area contributed by atoms with E-state index in [0.29, 0.717) is 17.9 Å². The van der Waals surface area contributed by atoms with Crippen LogP contribution in [0.2, 0.25) is 0 Å². The van der Waals surface area contributed by atoms with Crippen LogP contribution in [-0.4, -0.2) is 45.6 Å². The van der Waals surface area contributed by atoms with Crippen LogP contribution in [0.3, 0.4) is 0 Å². The zero-order chi connectivity index (χ0) is 14.9. The molecule has 0 spiro atoms. The number of aryl methyl sites for hydroxylation is 1. The molecule has 1 aliphatic heterocycles. The second kappa shape index (κ2) is 5.72. The average molecular weight is 289 g/mol. The number of carbonyl (C=O) groups is 1. The summed E-state index contributed by atoms with van der Waals surface area (Å²) in [6.45, 7) is 3.41. The average Bonchev–Trinajstić information content (AvgIpc) is 3.31. The largest absolute Gasteiger partial charge is 0.396 e. The molecule has 1 amide bonds. The Labute approximate surface area is 125 Å². The van der Waals surface area contributed by atoms with Crippen LogP contribution in [0, 0.1) is 18.3 Å². The molecule has 3 rings (SSSR count). The molecule has 1 saturated heterocycles. The number of amides is 1. The summed E-state index contributed by atoms with van der Waals surface area (Å²) >= 11 is 0. The minimum Gasteiger partial charge on any atom is -0.396 e. The van der Waals surface area contributed by atoms with Crippen LogP contribution in [-0.2, 0) is 0 Å². The van der Waals surface area contributed by atoms with Crippen molar-refractivity contribution >= 4 is 5.91 Å². The molecule has 5 nitrogen and oxygen atoms in total. The molecule has 0 bridgehead atoms. The predicted molar refractivity (Wildman–Crippen MR) is 78.8 cm³/mol. The van der Waals surface area contributed by atoms with Gasteiger partial charge >= 0.3 is 0 Å². The molecule has 0 radical (unpaired) electrons. The number of aliphatic hydroxyl groups is 1. The topological polar surface area (TPSA) is 66.3 Å². The maximum Gasteiger partial charge on any atom is 0.257 e. The summed E-state index contributed by atoms with van der Waals surface area (Å²) in [6, 6.07) is 0. The Hall–Kier alpha value is -1.49. The normalized spacial score (nSPS) is 25.9. The van der Waals surface area contributed by atoms with Crippen LogP contribution in [0.25, 0.3) is 0 Å². The van der Waals surface area contributed by atoms with Gasteiger partial charge in [-0.1, -0.05) is 12.8 Å². The molecule has 1 N–H and O–H groups in total. The lowest BCUT2D eigenvalue weighted by Gasteiger charge is -2.42. The lowest BCUT2D eigenvalue weighted by Crippen LogP contribution is -2.48. The maximum atomic E-state index is 12.6. The highest BCUT2D eigenvalue weighted by Crippen LogP contribution is 2.44. The third-order valence-electron chi connectivity index (χ3n) is 4.73. The van der Waals surface area contributed by atoms with Crippen molar-refractivity contribution in [1.29, 1.82) is 0 Å². The van der Waals surface area contributed by atoms with Crippen molar-refractivity contribution in [2.75, 3.05) is 19.7 Å². The SMILES string of the molecule is Cc1ncc(C(=O)N2CCC[C@@](CO)(CC3CC3)C2)cn1. The molecule has 1 saturated carbocycles. The van der Waals surface area contributed by atoms with E-state index in [4.69, 9.17) is 0 Å². The minimum absolute atomic E-state index is 0.0108.